The monoisotopic (exact) mass is 329 g/mol. The molecule has 0 bridgehead atoms. The molecule has 0 aliphatic rings. The van der Waals surface area contributed by atoms with Crippen molar-refractivity contribution in [2.24, 2.45) is 0 Å². The molecule has 0 unspecified atom stereocenters. The van der Waals surface area contributed by atoms with Gasteiger partial charge >= 0.3 is 0 Å². The first-order chi connectivity index (χ1) is 9.70. The molecule has 0 aliphatic heterocycles. The predicted molar refractivity (Wildman–Crippen MR) is 87.1 cm³/mol. The molecule has 0 aliphatic carbocycles. The van der Waals surface area contributed by atoms with Crippen molar-refractivity contribution in [3.8, 4) is 5.75 Å². The van der Waals surface area contributed by atoms with Gasteiger partial charge in [-0.2, -0.15) is 0 Å². The molecule has 0 spiro atoms. The maximum absolute atomic E-state index is 6.25. The SMILES string of the molecule is CCCNCc1cc(Cl)cc(Cl)c1OCc1cccs1. The second kappa shape index (κ2) is 7.89. The summed E-state index contributed by atoms with van der Waals surface area (Å²) in [6, 6.07) is 7.68. The highest BCUT2D eigenvalue weighted by atomic mass is 35.5. The molecule has 0 atom stereocenters. The first kappa shape index (κ1) is 15.6. The molecule has 2 nitrogen and oxygen atoms in total. The second-order valence-corrected chi connectivity index (χ2v) is 6.30. The van der Waals surface area contributed by atoms with Gasteiger partial charge in [0.2, 0.25) is 0 Å². The molecule has 108 valence electrons. The zero-order chi connectivity index (χ0) is 14.4. The van der Waals surface area contributed by atoms with Gasteiger partial charge < -0.3 is 10.1 Å². The molecule has 2 aromatic rings. The summed E-state index contributed by atoms with van der Waals surface area (Å²) < 4.78 is 5.88. The van der Waals surface area contributed by atoms with E-state index in [9.17, 15) is 0 Å². The lowest BCUT2D eigenvalue weighted by Crippen LogP contribution is -2.14. The van der Waals surface area contributed by atoms with Crippen LogP contribution in [0.25, 0.3) is 0 Å². The van der Waals surface area contributed by atoms with Gasteiger partial charge in [0.1, 0.15) is 12.4 Å². The molecule has 1 heterocycles. The summed E-state index contributed by atoms with van der Waals surface area (Å²) in [5.41, 5.74) is 0.993. The van der Waals surface area contributed by atoms with Crippen molar-refractivity contribution in [3.63, 3.8) is 0 Å². The summed E-state index contributed by atoms with van der Waals surface area (Å²) in [7, 11) is 0. The molecule has 20 heavy (non-hydrogen) atoms. The summed E-state index contributed by atoms with van der Waals surface area (Å²) in [4.78, 5) is 1.17. The van der Waals surface area contributed by atoms with Crippen LogP contribution in [0.5, 0.6) is 5.75 Å². The van der Waals surface area contributed by atoms with Gasteiger partial charge in [0.15, 0.2) is 0 Å². The lowest BCUT2D eigenvalue weighted by molar-refractivity contribution is 0.306. The van der Waals surface area contributed by atoms with E-state index in [1.807, 2.05) is 23.6 Å². The van der Waals surface area contributed by atoms with Crippen molar-refractivity contribution >= 4 is 34.5 Å². The minimum Gasteiger partial charge on any atom is -0.486 e. The minimum absolute atomic E-state index is 0.528. The Kier molecular flexibility index (Phi) is 6.17. The fourth-order valence-electron chi connectivity index (χ4n) is 1.84. The molecule has 0 saturated carbocycles. The third-order valence-electron chi connectivity index (χ3n) is 2.77. The van der Waals surface area contributed by atoms with Crippen LogP contribution in [0.1, 0.15) is 23.8 Å². The average Bonchev–Trinajstić information content (AvgIpc) is 2.91. The Hall–Kier alpha value is -0.740. The number of benzene rings is 1. The number of hydrogen-bond acceptors (Lipinski definition) is 3. The highest BCUT2D eigenvalue weighted by Gasteiger charge is 2.11. The summed E-state index contributed by atoms with van der Waals surface area (Å²) in [6.07, 6.45) is 1.08. The maximum atomic E-state index is 6.25. The normalized spacial score (nSPS) is 10.8. The summed E-state index contributed by atoms with van der Waals surface area (Å²) in [5, 5.41) is 6.57. The van der Waals surface area contributed by atoms with E-state index in [0.717, 1.165) is 18.5 Å². The van der Waals surface area contributed by atoms with Crippen molar-refractivity contribution < 1.29 is 4.74 Å². The van der Waals surface area contributed by atoms with Crippen molar-refractivity contribution in [3.05, 3.63) is 50.1 Å². The van der Waals surface area contributed by atoms with Gasteiger partial charge in [-0.25, -0.2) is 0 Å². The van der Waals surface area contributed by atoms with E-state index < -0.39 is 0 Å². The first-order valence-electron chi connectivity index (χ1n) is 6.54. The molecule has 1 aromatic carbocycles. The number of hydrogen-bond donors (Lipinski definition) is 1. The number of ether oxygens (including phenoxy) is 1. The molecule has 0 amide bonds. The molecule has 5 heteroatoms. The van der Waals surface area contributed by atoms with Crippen molar-refractivity contribution in [1.29, 1.82) is 0 Å². The van der Waals surface area contributed by atoms with Crippen molar-refractivity contribution in [1.82, 2.24) is 5.32 Å². The number of nitrogens with one attached hydrogen (secondary N) is 1. The number of halogens is 2. The molecular weight excluding hydrogens is 313 g/mol. The van der Waals surface area contributed by atoms with E-state index in [2.05, 4.69) is 12.2 Å². The molecule has 0 saturated heterocycles. The molecule has 1 N–H and O–H groups in total. The number of rotatable bonds is 7. The van der Waals surface area contributed by atoms with Crippen molar-refractivity contribution in [2.75, 3.05) is 6.54 Å². The molecule has 0 radical (unpaired) electrons. The highest BCUT2D eigenvalue weighted by molar-refractivity contribution is 7.09. The van der Waals surface area contributed by atoms with Gasteiger partial charge in [-0.1, -0.05) is 36.2 Å². The van der Waals surface area contributed by atoms with Crippen LogP contribution in [-0.4, -0.2) is 6.54 Å². The molecular formula is C15H17Cl2NOS. The quantitative estimate of drug-likeness (QED) is 0.710. The van der Waals surface area contributed by atoms with E-state index >= 15 is 0 Å². The Balaban J connectivity index is 2.11. The second-order valence-electron chi connectivity index (χ2n) is 4.42. The number of thiophene rings is 1. The van der Waals surface area contributed by atoms with Gasteiger partial charge in [-0.3, -0.25) is 0 Å². The van der Waals surface area contributed by atoms with Crippen LogP contribution in [0.2, 0.25) is 10.0 Å². The van der Waals surface area contributed by atoms with Crippen LogP contribution in [-0.2, 0) is 13.2 Å². The summed E-state index contributed by atoms with van der Waals surface area (Å²) in [6.45, 7) is 4.31. The average molecular weight is 330 g/mol. The van der Waals surface area contributed by atoms with Crippen LogP contribution in [0.15, 0.2) is 29.6 Å². The third-order valence-corrected chi connectivity index (χ3v) is 4.12. The van der Waals surface area contributed by atoms with Crippen LogP contribution in [0, 0.1) is 0 Å². The van der Waals surface area contributed by atoms with E-state index in [0.29, 0.717) is 28.9 Å². The van der Waals surface area contributed by atoms with E-state index in [1.165, 1.54) is 4.88 Å². The third kappa shape index (κ3) is 4.38. The van der Waals surface area contributed by atoms with Crippen LogP contribution in [0.4, 0.5) is 0 Å². The molecule has 1 aromatic heterocycles. The van der Waals surface area contributed by atoms with Gasteiger partial charge in [-0.15, -0.1) is 11.3 Å². The first-order valence-corrected chi connectivity index (χ1v) is 8.18. The Bertz CT molecular complexity index is 543. The Morgan fingerprint density at radius 3 is 2.85 bits per heavy atom. The fourth-order valence-corrected chi connectivity index (χ4v) is 3.05. The Morgan fingerprint density at radius 2 is 2.15 bits per heavy atom. The van der Waals surface area contributed by atoms with Gasteiger partial charge in [0.05, 0.1) is 5.02 Å². The smallest absolute Gasteiger partial charge is 0.143 e. The topological polar surface area (TPSA) is 21.3 Å². The van der Waals surface area contributed by atoms with Crippen LogP contribution < -0.4 is 10.1 Å². The van der Waals surface area contributed by atoms with Gasteiger partial charge in [0.25, 0.3) is 0 Å². The van der Waals surface area contributed by atoms with E-state index in [4.69, 9.17) is 27.9 Å². The Labute approximate surface area is 133 Å². The fraction of sp³-hybridized carbons (Fsp3) is 0.333. The molecule has 0 fully saturated rings. The largest absolute Gasteiger partial charge is 0.486 e. The van der Waals surface area contributed by atoms with Crippen LogP contribution in [0.3, 0.4) is 0 Å². The van der Waals surface area contributed by atoms with Crippen molar-refractivity contribution in [2.45, 2.75) is 26.5 Å². The standard InChI is InChI=1S/C15H17Cl2NOS/c1-2-5-18-9-11-7-12(16)8-14(17)15(11)19-10-13-4-3-6-20-13/h3-4,6-8,18H,2,5,9-10H2,1H3. The predicted octanol–water partition coefficient (Wildman–Crippen LogP) is 5.13. The van der Waals surface area contributed by atoms with Gasteiger partial charge in [-0.05, 0) is 36.5 Å². The maximum Gasteiger partial charge on any atom is 0.143 e. The zero-order valence-electron chi connectivity index (χ0n) is 11.3. The lowest BCUT2D eigenvalue weighted by Gasteiger charge is -2.14. The summed E-state index contributed by atoms with van der Waals surface area (Å²) >= 11 is 14.0. The Morgan fingerprint density at radius 1 is 1.30 bits per heavy atom. The minimum atomic E-state index is 0.528. The zero-order valence-corrected chi connectivity index (χ0v) is 13.6. The van der Waals surface area contributed by atoms with Crippen LogP contribution >= 0.6 is 34.5 Å². The van der Waals surface area contributed by atoms with E-state index in [1.54, 1.807) is 17.4 Å². The lowest BCUT2D eigenvalue weighted by atomic mass is 10.2. The highest BCUT2D eigenvalue weighted by Crippen LogP contribution is 2.33. The van der Waals surface area contributed by atoms with Gasteiger partial charge in [0, 0.05) is 22.0 Å². The molecule has 2 rings (SSSR count). The summed E-state index contributed by atoms with van der Waals surface area (Å²) in [5.74, 6) is 0.716. The van der Waals surface area contributed by atoms with E-state index in [-0.39, 0.29) is 0 Å².